The zero-order chi connectivity index (χ0) is 16.8. The molecule has 2 aromatic rings. The van der Waals surface area contributed by atoms with Crippen LogP contribution < -0.4 is 5.32 Å². The van der Waals surface area contributed by atoms with E-state index in [2.05, 4.69) is 17.5 Å². The van der Waals surface area contributed by atoms with E-state index in [4.69, 9.17) is 23.2 Å². The third kappa shape index (κ3) is 2.38. The topological polar surface area (TPSA) is 55.2 Å². The summed E-state index contributed by atoms with van der Waals surface area (Å²) in [6.07, 6.45) is 5.14. The fourth-order valence-electron chi connectivity index (χ4n) is 3.78. The molecule has 0 unspecified atom stereocenters. The summed E-state index contributed by atoms with van der Waals surface area (Å²) in [6.45, 7) is 0. The van der Waals surface area contributed by atoms with Crippen LogP contribution in [0.1, 0.15) is 29.5 Å². The largest absolute Gasteiger partial charge is 0.376 e. The van der Waals surface area contributed by atoms with Crippen LogP contribution in [0.2, 0.25) is 10.0 Å². The van der Waals surface area contributed by atoms with Crippen LogP contribution in [0.25, 0.3) is 0 Å². The van der Waals surface area contributed by atoms with Crippen molar-refractivity contribution in [2.45, 2.75) is 18.4 Å². The molecule has 0 spiro atoms. The Morgan fingerprint density at radius 3 is 2.67 bits per heavy atom. The van der Waals surface area contributed by atoms with Crippen molar-refractivity contribution in [1.82, 2.24) is 0 Å². The lowest BCUT2D eigenvalue weighted by atomic mass is 9.77. The van der Waals surface area contributed by atoms with E-state index in [0.717, 1.165) is 23.2 Å². The number of halogens is 2. The second-order valence-corrected chi connectivity index (χ2v) is 6.96. The van der Waals surface area contributed by atoms with E-state index in [1.54, 1.807) is 6.07 Å². The predicted octanol–water partition coefficient (Wildman–Crippen LogP) is 5.73. The quantitative estimate of drug-likeness (QED) is 0.422. The lowest BCUT2D eigenvalue weighted by molar-refractivity contribution is -0.384. The molecule has 2 aromatic carbocycles. The smallest absolute Gasteiger partial charge is 0.271 e. The fraction of sp³-hybridized carbons (Fsp3) is 0.222. The Bertz CT molecular complexity index is 866. The van der Waals surface area contributed by atoms with Crippen LogP contribution in [0.5, 0.6) is 0 Å². The molecule has 2 aliphatic rings. The van der Waals surface area contributed by atoms with E-state index in [1.165, 1.54) is 6.07 Å². The van der Waals surface area contributed by atoms with Gasteiger partial charge in [-0.1, -0.05) is 53.6 Å². The summed E-state index contributed by atoms with van der Waals surface area (Å²) in [5, 5.41) is 15.7. The molecular formula is C18H14Cl2N2O2. The number of nitrogens with zero attached hydrogens (tertiary/aromatic N) is 1. The third-order valence-corrected chi connectivity index (χ3v) is 5.50. The van der Waals surface area contributed by atoms with E-state index < -0.39 is 4.92 Å². The molecule has 0 saturated heterocycles. The molecule has 1 N–H and O–H groups in total. The average molecular weight is 361 g/mol. The summed E-state index contributed by atoms with van der Waals surface area (Å²) in [4.78, 5) is 10.7. The van der Waals surface area contributed by atoms with Crippen molar-refractivity contribution in [2.24, 2.45) is 5.92 Å². The highest BCUT2D eigenvalue weighted by molar-refractivity contribution is 6.34. The Morgan fingerprint density at radius 2 is 1.92 bits per heavy atom. The number of non-ortho nitro benzene ring substituents is 1. The lowest BCUT2D eigenvalue weighted by Gasteiger charge is -2.38. The molecule has 3 atom stereocenters. The minimum Gasteiger partial charge on any atom is -0.376 e. The van der Waals surface area contributed by atoms with Gasteiger partial charge in [0.2, 0.25) is 0 Å². The van der Waals surface area contributed by atoms with Gasteiger partial charge in [-0.05, 0) is 29.5 Å². The molecule has 0 saturated carbocycles. The molecule has 0 aromatic heterocycles. The SMILES string of the molecule is O=[N+]([O-])c1cc(Cl)c2c(c1)[C@@H]1C=CC[C@H]1[C@@H](c1ccccc1Cl)N2. The molecule has 4 nitrogen and oxygen atoms in total. The van der Waals surface area contributed by atoms with Crippen molar-refractivity contribution in [2.75, 3.05) is 5.32 Å². The first-order valence-corrected chi connectivity index (χ1v) is 8.47. The van der Waals surface area contributed by atoms with Crippen LogP contribution in [-0.4, -0.2) is 4.92 Å². The van der Waals surface area contributed by atoms with E-state index in [1.807, 2.05) is 24.3 Å². The number of hydrogen-bond donors (Lipinski definition) is 1. The highest BCUT2D eigenvalue weighted by atomic mass is 35.5. The van der Waals surface area contributed by atoms with Gasteiger partial charge in [0.05, 0.1) is 21.7 Å². The van der Waals surface area contributed by atoms with Gasteiger partial charge in [0.15, 0.2) is 0 Å². The minimum atomic E-state index is -0.403. The van der Waals surface area contributed by atoms with Gasteiger partial charge in [-0.3, -0.25) is 10.1 Å². The number of nitrogens with one attached hydrogen (secondary N) is 1. The van der Waals surface area contributed by atoms with E-state index in [0.29, 0.717) is 10.0 Å². The molecule has 6 heteroatoms. The molecule has 24 heavy (non-hydrogen) atoms. The van der Waals surface area contributed by atoms with Crippen molar-refractivity contribution < 1.29 is 4.92 Å². The molecule has 1 aliphatic carbocycles. The second-order valence-electron chi connectivity index (χ2n) is 6.15. The Kier molecular flexibility index (Phi) is 3.74. The first kappa shape index (κ1) is 15.5. The molecule has 0 fully saturated rings. The Balaban J connectivity index is 1.85. The molecule has 0 bridgehead atoms. The van der Waals surface area contributed by atoms with E-state index in [-0.39, 0.29) is 23.6 Å². The van der Waals surface area contributed by atoms with Gasteiger partial charge in [0.25, 0.3) is 5.69 Å². The van der Waals surface area contributed by atoms with Crippen molar-refractivity contribution in [3.05, 3.63) is 79.8 Å². The summed E-state index contributed by atoms with van der Waals surface area (Å²) in [5.41, 5.74) is 2.70. The Morgan fingerprint density at radius 1 is 1.12 bits per heavy atom. The van der Waals surface area contributed by atoms with Crippen LogP contribution in [0.15, 0.2) is 48.6 Å². The van der Waals surface area contributed by atoms with Crippen LogP contribution in [0.4, 0.5) is 11.4 Å². The van der Waals surface area contributed by atoms with Crippen LogP contribution >= 0.6 is 23.2 Å². The van der Waals surface area contributed by atoms with Gasteiger partial charge in [0, 0.05) is 23.1 Å². The number of fused-ring (bicyclic) bond motifs is 3. The summed E-state index contributed by atoms with van der Waals surface area (Å²) in [7, 11) is 0. The zero-order valence-corrected chi connectivity index (χ0v) is 14.1. The zero-order valence-electron chi connectivity index (χ0n) is 12.6. The van der Waals surface area contributed by atoms with Gasteiger partial charge in [-0.15, -0.1) is 0 Å². The monoisotopic (exact) mass is 360 g/mol. The van der Waals surface area contributed by atoms with Gasteiger partial charge in [-0.2, -0.15) is 0 Å². The van der Waals surface area contributed by atoms with Crippen molar-refractivity contribution in [3.8, 4) is 0 Å². The summed E-state index contributed by atoms with van der Waals surface area (Å²) in [6, 6.07) is 10.8. The lowest BCUT2D eigenvalue weighted by Crippen LogP contribution is -2.29. The Labute approximate surface area is 149 Å². The molecule has 122 valence electrons. The maximum atomic E-state index is 11.2. The first-order valence-electron chi connectivity index (χ1n) is 7.71. The predicted molar refractivity (Wildman–Crippen MR) is 95.9 cm³/mol. The minimum absolute atomic E-state index is 0.0187. The average Bonchev–Trinajstić information content (AvgIpc) is 3.05. The summed E-state index contributed by atoms with van der Waals surface area (Å²) < 4.78 is 0. The highest BCUT2D eigenvalue weighted by Crippen LogP contribution is 2.53. The summed E-state index contributed by atoms with van der Waals surface area (Å²) >= 11 is 12.7. The van der Waals surface area contributed by atoms with Gasteiger partial charge in [-0.25, -0.2) is 0 Å². The summed E-state index contributed by atoms with van der Waals surface area (Å²) in [5.74, 6) is 0.357. The highest BCUT2D eigenvalue weighted by Gasteiger charge is 2.40. The number of nitro benzene ring substituents is 1. The maximum Gasteiger partial charge on any atom is 0.271 e. The number of anilines is 1. The molecule has 0 amide bonds. The van der Waals surface area contributed by atoms with Gasteiger partial charge >= 0.3 is 0 Å². The molecule has 1 heterocycles. The number of nitro groups is 1. The van der Waals surface area contributed by atoms with E-state index in [9.17, 15) is 10.1 Å². The van der Waals surface area contributed by atoms with Crippen LogP contribution in [-0.2, 0) is 0 Å². The molecule has 0 radical (unpaired) electrons. The number of benzene rings is 2. The number of rotatable bonds is 2. The van der Waals surface area contributed by atoms with Crippen LogP contribution in [0.3, 0.4) is 0 Å². The normalized spacial score (nSPS) is 24.2. The molecular weight excluding hydrogens is 347 g/mol. The third-order valence-electron chi connectivity index (χ3n) is 4.86. The van der Waals surface area contributed by atoms with Crippen molar-refractivity contribution in [3.63, 3.8) is 0 Å². The fourth-order valence-corrected chi connectivity index (χ4v) is 4.31. The van der Waals surface area contributed by atoms with Gasteiger partial charge < -0.3 is 5.32 Å². The molecule has 4 rings (SSSR count). The first-order chi connectivity index (χ1) is 11.6. The maximum absolute atomic E-state index is 11.2. The number of hydrogen-bond acceptors (Lipinski definition) is 3. The Hall–Kier alpha value is -2.04. The van der Waals surface area contributed by atoms with Gasteiger partial charge in [0.1, 0.15) is 0 Å². The van der Waals surface area contributed by atoms with E-state index >= 15 is 0 Å². The van der Waals surface area contributed by atoms with Crippen molar-refractivity contribution >= 4 is 34.6 Å². The van der Waals surface area contributed by atoms with Crippen molar-refractivity contribution in [1.29, 1.82) is 0 Å². The number of allylic oxidation sites excluding steroid dienone is 2. The second kappa shape index (κ2) is 5.80. The molecule has 1 aliphatic heterocycles. The van der Waals surface area contributed by atoms with Crippen LogP contribution in [0, 0.1) is 16.0 Å². The standard InChI is InChI=1S/C18H14Cl2N2O2/c19-15-7-2-1-4-13(15)17-12-6-3-5-11(12)14-8-10(22(23)24)9-16(20)18(14)21-17/h1-5,7-9,11-12,17,21H,6H2/t11-,12-,17+/m1/s1.